The molecule has 0 radical (unpaired) electrons. The number of aryl methyl sites for hydroxylation is 1. The summed E-state index contributed by atoms with van der Waals surface area (Å²) < 4.78 is 7.90. The van der Waals surface area contributed by atoms with Crippen molar-refractivity contribution in [1.29, 1.82) is 0 Å². The second-order valence-electron chi connectivity index (χ2n) is 5.97. The van der Waals surface area contributed by atoms with Crippen molar-refractivity contribution in [2.45, 2.75) is 32.4 Å². The zero-order valence-corrected chi connectivity index (χ0v) is 14.4. The minimum Gasteiger partial charge on any atom is -0.481 e. The highest BCUT2D eigenvalue weighted by atomic mass is 16.5. The molecule has 0 aliphatic rings. The Kier molecular flexibility index (Phi) is 5.67. The summed E-state index contributed by atoms with van der Waals surface area (Å²) in [6.07, 6.45) is 6.45. The number of carbonyl (C=O) groups excluding carboxylic acids is 1. The average Bonchev–Trinajstić information content (AvgIpc) is 3.16. The van der Waals surface area contributed by atoms with Gasteiger partial charge in [-0.25, -0.2) is 4.98 Å². The summed E-state index contributed by atoms with van der Waals surface area (Å²) in [7, 11) is 0. The van der Waals surface area contributed by atoms with Crippen molar-refractivity contribution in [3.05, 3.63) is 61.2 Å². The summed E-state index contributed by atoms with van der Waals surface area (Å²) in [4.78, 5) is 16.3. The van der Waals surface area contributed by atoms with E-state index >= 15 is 0 Å². The van der Waals surface area contributed by atoms with Gasteiger partial charge in [-0.1, -0.05) is 37.3 Å². The van der Waals surface area contributed by atoms with Gasteiger partial charge in [-0.05, 0) is 35.7 Å². The van der Waals surface area contributed by atoms with Gasteiger partial charge in [0, 0.05) is 25.5 Å². The van der Waals surface area contributed by atoms with Gasteiger partial charge in [0.1, 0.15) is 5.75 Å². The summed E-state index contributed by atoms with van der Waals surface area (Å²) >= 11 is 0. The van der Waals surface area contributed by atoms with Gasteiger partial charge in [-0.2, -0.15) is 0 Å². The number of ether oxygens (including phenoxy) is 1. The molecule has 0 saturated carbocycles. The van der Waals surface area contributed by atoms with Crippen LogP contribution >= 0.6 is 0 Å². The molecule has 25 heavy (non-hydrogen) atoms. The number of nitrogens with one attached hydrogen (secondary N) is 1. The van der Waals surface area contributed by atoms with Gasteiger partial charge >= 0.3 is 0 Å². The first-order valence-corrected chi connectivity index (χ1v) is 8.65. The highest BCUT2D eigenvalue weighted by Gasteiger charge is 2.17. The number of benzene rings is 2. The third kappa shape index (κ3) is 4.59. The molecule has 5 heteroatoms. The smallest absolute Gasteiger partial charge is 0.261 e. The summed E-state index contributed by atoms with van der Waals surface area (Å²) in [6.45, 7) is 3.41. The lowest BCUT2D eigenvalue weighted by Crippen LogP contribution is -2.38. The molecule has 0 fully saturated rings. The largest absolute Gasteiger partial charge is 0.481 e. The number of hydrogen-bond acceptors (Lipinski definition) is 3. The molecule has 0 spiro atoms. The van der Waals surface area contributed by atoms with E-state index in [2.05, 4.69) is 16.4 Å². The zero-order valence-electron chi connectivity index (χ0n) is 14.4. The van der Waals surface area contributed by atoms with Crippen LogP contribution in [0.15, 0.2) is 61.2 Å². The fraction of sp³-hybridized carbons (Fsp3) is 0.300. The Bertz CT molecular complexity index is 815. The molecule has 0 saturated heterocycles. The van der Waals surface area contributed by atoms with E-state index < -0.39 is 6.10 Å². The number of carbonyl (C=O) groups is 1. The lowest BCUT2D eigenvalue weighted by atomic mass is 10.1. The maximum Gasteiger partial charge on any atom is 0.261 e. The highest BCUT2D eigenvalue weighted by Crippen LogP contribution is 2.22. The molecule has 2 aromatic carbocycles. The zero-order chi connectivity index (χ0) is 17.5. The third-order valence-corrected chi connectivity index (χ3v) is 4.11. The van der Waals surface area contributed by atoms with Gasteiger partial charge in [-0.3, -0.25) is 4.79 Å². The van der Waals surface area contributed by atoms with E-state index in [1.54, 1.807) is 12.5 Å². The van der Waals surface area contributed by atoms with Crippen molar-refractivity contribution >= 4 is 16.7 Å². The van der Waals surface area contributed by atoms with Gasteiger partial charge < -0.3 is 14.6 Å². The van der Waals surface area contributed by atoms with Gasteiger partial charge in [-0.15, -0.1) is 0 Å². The first-order valence-electron chi connectivity index (χ1n) is 8.65. The Morgan fingerprint density at radius 3 is 2.84 bits per heavy atom. The maximum absolute atomic E-state index is 12.3. The quantitative estimate of drug-likeness (QED) is 0.641. The molecular formula is C20H23N3O2. The van der Waals surface area contributed by atoms with Crippen molar-refractivity contribution in [2.24, 2.45) is 0 Å². The van der Waals surface area contributed by atoms with Crippen LogP contribution in [0.25, 0.3) is 10.8 Å². The van der Waals surface area contributed by atoms with Crippen molar-refractivity contribution < 1.29 is 9.53 Å². The Hall–Kier alpha value is -2.82. The molecule has 130 valence electrons. The Morgan fingerprint density at radius 2 is 2.08 bits per heavy atom. The number of fused-ring (bicyclic) bond motifs is 1. The number of nitrogens with zero attached hydrogens (tertiary/aromatic N) is 2. The van der Waals surface area contributed by atoms with Crippen LogP contribution < -0.4 is 10.1 Å². The minimum absolute atomic E-state index is 0.0683. The van der Waals surface area contributed by atoms with Crippen LogP contribution in [-0.4, -0.2) is 28.1 Å². The standard InChI is InChI=1S/C20H23N3O2/c1-2-19(20(24)22-10-5-12-23-13-11-21-15-23)25-18-9-8-16-6-3-4-7-17(16)14-18/h3-4,6-9,11,13-15,19H,2,5,10,12H2,1H3,(H,22,24)/t19-/m0/s1. The molecular weight excluding hydrogens is 314 g/mol. The van der Waals surface area contributed by atoms with Crippen LogP contribution in [0.5, 0.6) is 5.75 Å². The first-order chi connectivity index (χ1) is 12.3. The molecule has 1 amide bonds. The van der Waals surface area contributed by atoms with Crippen molar-refractivity contribution in [3.8, 4) is 5.75 Å². The SMILES string of the molecule is CC[C@H](Oc1ccc2ccccc2c1)C(=O)NCCCn1ccnc1. The highest BCUT2D eigenvalue weighted by molar-refractivity contribution is 5.84. The number of rotatable bonds is 8. The molecule has 1 heterocycles. The molecule has 1 atom stereocenters. The van der Waals surface area contributed by atoms with Crippen LogP contribution in [0.4, 0.5) is 0 Å². The van der Waals surface area contributed by atoms with E-state index in [1.807, 2.05) is 54.1 Å². The second kappa shape index (κ2) is 8.33. The van der Waals surface area contributed by atoms with Crippen LogP contribution in [0.1, 0.15) is 19.8 Å². The van der Waals surface area contributed by atoms with E-state index in [-0.39, 0.29) is 5.91 Å². The molecule has 3 rings (SSSR count). The second-order valence-corrected chi connectivity index (χ2v) is 5.97. The van der Waals surface area contributed by atoms with E-state index in [0.717, 1.165) is 29.5 Å². The summed E-state index contributed by atoms with van der Waals surface area (Å²) in [6, 6.07) is 14.0. The number of amides is 1. The van der Waals surface area contributed by atoms with Crippen LogP contribution in [0.2, 0.25) is 0 Å². The molecule has 5 nitrogen and oxygen atoms in total. The van der Waals surface area contributed by atoms with E-state index in [9.17, 15) is 4.79 Å². The topological polar surface area (TPSA) is 56.1 Å². The molecule has 1 N–H and O–H groups in total. The maximum atomic E-state index is 12.3. The van der Waals surface area contributed by atoms with Crippen molar-refractivity contribution in [2.75, 3.05) is 6.54 Å². The summed E-state index contributed by atoms with van der Waals surface area (Å²) in [5, 5.41) is 5.22. The monoisotopic (exact) mass is 337 g/mol. The van der Waals surface area contributed by atoms with Crippen LogP contribution in [-0.2, 0) is 11.3 Å². The summed E-state index contributed by atoms with van der Waals surface area (Å²) in [5.74, 6) is 0.653. The lowest BCUT2D eigenvalue weighted by molar-refractivity contribution is -0.128. The van der Waals surface area contributed by atoms with Gasteiger partial charge in [0.2, 0.25) is 0 Å². The predicted octanol–water partition coefficient (Wildman–Crippen LogP) is 3.40. The summed E-state index contributed by atoms with van der Waals surface area (Å²) in [5.41, 5.74) is 0. The van der Waals surface area contributed by atoms with E-state index in [4.69, 9.17) is 4.74 Å². The molecule has 3 aromatic rings. The fourth-order valence-electron chi connectivity index (χ4n) is 2.73. The molecule has 1 aromatic heterocycles. The number of imidazole rings is 1. The average molecular weight is 337 g/mol. The molecule has 0 bridgehead atoms. The predicted molar refractivity (Wildman–Crippen MR) is 98.5 cm³/mol. The number of aromatic nitrogens is 2. The molecule has 0 unspecified atom stereocenters. The van der Waals surface area contributed by atoms with Crippen LogP contribution in [0, 0.1) is 0 Å². The first kappa shape index (κ1) is 17.0. The van der Waals surface area contributed by atoms with E-state index in [1.165, 1.54) is 0 Å². The molecule has 0 aliphatic carbocycles. The lowest BCUT2D eigenvalue weighted by Gasteiger charge is -2.17. The van der Waals surface area contributed by atoms with Crippen molar-refractivity contribution in [1.82, 2.24) is 14.9 Å². The van der Waals surface area contributed by atoms with E-state index in [0.29, 0.717) is 13.0 Å². The Balaban J connectivity index is 1.52. The number of hydrogen-bond donors (Lipinski definition) is 1. The van der Waals surface area contributed by atoms with Gasteiger partial charge in [0.25, 0.3) is 5.91 Å². The Labute approximate surface area is 147 Å². The van der Waals surface area contributed by atoms with Crippen molar-refractivity contribution in [3.63, 3.8) is 0 Å². The van der Waals surface area contributed by atoms with Gasteiger partial charge in [0.15, 0.2) is 6.10 Å². The van der Waals surface area contributed by atoms with Gasteiger partial charge in [0.05, 0.1) is 6.33 Å². The Morgan fingerprint density at radius 1 is 1.24 bits per heavy atom. The molecule has 0 aliphatic heterocycles. The van der Waals surface area contributed by atoms with Crippen LogP contribution in [0.3, 0.4) is 0 Å². The minimum atomic E-state index is -0.477. The normalized spacial score (nSPS) is 12.0. The fourth-order valence-corrected chi connectivity index (χ4v) is 2.73. The third-order valence-electron chi connectivity index (χ3n) is 4.11.